The number of fused-ring (bicyclic) bond motifs is 3. The summed E-state index contributed by atoms with van der Waals surface area (Å²) in [6.45, 7) is 8.94. The molecule has 0 heterocycles. The molecule has 0 N–H and O–H groups in total. The van der Waals surface area contributed by atoms with E-state index < -0.39 is 0 Å². The Bertz CT molecular complexity index is 741. The maximum atomic E-state index is 3.35. The maximum absolute atomic E-state index is 3.35. The quantitative estimate of drug-likeness (QED) is 0.447. The van der Waals surface area contributed by atoms with Crippen molar-refractivity contribution in [1.82, 2.24) is 0 Å². The molecule has 0 radical (unpaired) electrons. The van der Waals surface area contributed by atoms with Gasteiger partial charge in [-0.05, 0) is 6.42 Å². The van der Waals surface area contributed by atoms with Crippen molar-refractivity contribution in [3.05, 3.63) is 83.5 Å². The van der Waals surface area contributed by atoms with Crippen LogP contribution in [-0.4, -0.2) is 0 Å². The monoisotopic (exact) mass is 474 g/mol. The summed E-state index contributed by atoms with van der Waals surface area (Å²) in [7, 11) is 0. The molecule has 27 heavy (non-hydrogen) atoms. The molecule has 2 aliphatic carbocycles. The fraction of sp³-hybridized carbons (Fsp3) is 0.333. The van der Waals surface area contributed by atoms with Gasteiger partial charge in [-0.25, -0.2) is 6.08 Å². The second-order valence-electron chi connectivity index (χ2n) is 7.59. The molecular formula is C24H26Cl2Zr. The van der Waals surface area contributed by atoms with Gasteiger partial charge >= 0.3 is 26.2 Å². The van der Waals surface area contributed by atoms with Crippen molar-refractivity contribution in [2.75, 3.05) is 0 Å². The Morgan fingerprint density at radius 3 is 2.26 bits per heavy atom. The van der Waals surface area contributed by atoms with Crippen LogP contribution >= 0.6 is 0 Å². The first kappa shape index (κ1) is 26.4. The van der Waals surface area contributed by atoms with Crippen LogP contribution in [0.15, 0.2) is 60.2 Å². The number of allylic oxidation sites excluding steroid dienone is 4. The van der Waals surface area contributed by atoms with E-state index in [0.29, 0.717) is 11.3 Å². The van der Waals surface area contributed by atoms with Gasteiger partial charge < -0.3 is 24.8 Å². The Balaban J connectivity index is 0.000000457. The van der Waals surface area contributed by atoms with Crippen LogP contribution in [0.5, 0.6) is 0 Å². The Morgan fingerprint density at radius 1 is 1.00 bits per heavy atom. The molecule has 4 rings (SSSR count). The molecule has 0 amide bonds. The number of rotatable bonds is 1. The summed E-state index contributed by atoms with van der Waals surface area (Å²) in [6.07, 6.45) is 10.1. The van der Waals surface area contributed by atoms with Crippen LogP contribution in [0.2, 0.25) is 0 Å². The van der Waals surface area contributed by atoms with Crippen LogP contribution in [0.25, 0.3) is 11.1 Å². The van der Waals surface area contributed by atoms with Crippen molar-refractivity contribution in [1.29, 1.82) is 0 Å². The van der Waals surface area contributed by atoms with Crippen molar-refractivity contribution >= 4 is 0 Å². The van der Waals surface area contributed by atoms with Crippen molar-refractivity contribution in [2.45, 2.75) is 40.5 Å². The minimum absolute atomic E-state index is 0. The van der Waals surface area contributed by atoms with E-state index in [1.54, 1.807) is 0 Å². The molecule has 0 aliphatic heterocycles. The van der Waals surface area contributed by atoms with E-state index in [4.69, 9.17) is 0 Å². The zero-order valence-corrected chi connectivity index (χ0v) is 20.4. The van der Waals surface area contributed by atoms with Crippen LogP contribution < -0.4 is 24.8 Å². The Morgan fingerprint density at radius 2 is 1.67 bits per heavy atom. The Labute approximate surface area is 196 Å². The van der Waals surface area contributed by atoms with Gasteiger partial charge in [0.25, 0.3) is 0 Å². The van der Waals surface area contributed by atoms with Crippen molar-refractivity contribution < 1.29 is 51.0 Å². The number of benzene rings is 2. The molecule has 2 aromatic carbocycles. The van der Waals surface area contributed by atoms with Gasteiger partial charge in [0.1, 0.15) is 0 Å². The molecule has 2 aromatic rings. The zero-order chi connectivity index (χ0) is 17.2. The fourth-order valence-electron chi connectivity index (χ4n) is 3.21. The van der Waals surface area contributed by atoms with E-state index in [-0.39, 0.29) is 51.0 Å². The van der Waals surface area contributed by atoms with Crippen LogP contribution in [0.4, 0.5) is 0 Å². The topological polar surface area (TPSA) is 0 Å². The van der Waals surface area contributed by atoms with E-state index >= 15 is 0 Å². The molecule has 0 spiro atoms. The van der Waals surface area contributed by atoms with E-state index in [9.17, 15) is 0 Å². The van der Waals surface area contributed by atoms with E-state index in [2.05, 4.69) is 88.4 Å². The second-order valence-corrected chi connectivity index (χ2v) is 7.59. The predicted octanol–water partition coefficient (Wildman–Crippen LogP) is 0.422. The number of halogens is 2. The van der Waals surface area contributed by atoms with E-state index in [0.717, 1.165) is 6.42 Å². The summed E-state index contributed by atoms with van der Waals surface area (Å²) in [5.74, 6) is 0.573. The van der Waals surface area contributed by atoms with Crippen LogP contribution in [0.3, 0.4) is 0 Å². The first-order chi connectivity index (χ1) is 11.5. The molecule has 140 valence electrons. The van der Waals surface area contributed by atoms with Crippen molar-refractivity contribution in [2.24, 2.45) is 11.3 Å². The van der Waals surface area contributed by atoms with E-state index in [1.165, 1.54) is 34.2 Å². The molecule has 1 atom stereocenters. The summed E-state index contributed by atoms with van der Waals surface area (Å²) < 4.78 is 0. The molecule has 0 saturated carbocycles. The summed E-state index contributed by atoms with van der Waals surface area (Å²) in [5.41, 5.74) is 7.25. The van der Waals surface area contributed by atoms with Gasteiger partial charge in [0.15, 0.2) is 0 Å². The van der Waals surface area contributed by atoms with Crippen LogP contribution in [-0.2, 0) is 32.6 Å². The average Bonchev–Trinajstić information content (AvgIpc) is 3.19. The van der Waals surface area contributed by atoms with Gasteiger partial charge in [0, 0.05) is 0 Å². The first-order valence-corrected chi connectivity index (χ1v) is 8.88. The molecule has 0 saturated heterocycles. The molecule has 0 bridgehead atoms. The summed E-state index contributed by atoms with van der Waals surface area (Å²) in [5, 5.41) is 0. The molecule has 0 fully saturated rings. The Kier molecular flexibility index (Phi) is 11.1. The molecular weight excluding hydrogens is 450 g/mol. The molecule has 2 aliphatic rings. The largest absolute Gasteiger partial charge is 4.00 e. The summed E-state index contributed by atoms with van der Waals surface area (Å²) in [6, 6.07) is 18.1. The minimum atomic E-state index is 0. The molecule has 1 unspecified atom stereocenters. The van der Waals surface area contributed by atoms with Gasteiger partial charge in [-0.15, -0.1) is 5.56 Å². The number of hydrogen-bond acceptors (Lipinski definition) is 0. The minimum Gasteiger partial charge on any atom is -1.00 e. The van der Waals surface area contributed by atoms with Gasteiger partial charge in [-0.1, -0.05) is 80.8 Å². The first-order valence-electron chi connectivity index (χ1n) is 8.88. The van der Waals surface area contributed by atoms with Crippen LogP contribution in [0, 0.1) is 23.5 Å². The Hall–Kier alpha value is -0.617. The average molecular weight is 477 g/mol. The number of hydrogen-bond donors (Lipinski definition) is 0. The van der Waals surface area contributed by atoms with Gasteiger partial charge in [-0.2, -0.15) is 41.5 Å². The molecule has 3 heteroatoms. The summed E-state index contributed by atoms with van der Waals surface area (Å²) >= 11 is 0. The standard InChI is InChI=1S/C13H9.C11H17.2ClH.Zr/c1-3-7-12-10(5-1)9-11-6-2-4-8-13(11)12;1-5-9-6-7-10(8-9)11(2,3)4;;;/h1-5,7-8H,9H2;7-9H,5H2,1-4H3;2*1H;/q2*-1;;;+4/p-2. The SMILES string of the molecule is CCC1[C-]=CC(C(C)(C)C)=C1.[Cl-].[Cl-].[Zr+4].[c-]1cccc2c1Cc1ccccc1-2. The predicted molar refractivity (Wildman–Crippen MR) is 103 cm³/mol. The second kappa shape index (κ2) is 11.4. The third kappa shape index (κ3) is 6.45. The maximum Gasteiger partial charge on any atom is 4.00 e. The molecule has 0 nitrogen and oxygen atoms in total. The van der Waals surface area contributed by atoms with Crippen molar-refractivity contribution in [3.63, 3.8) is 0 Å². The van der Waals surface area contributed by atoms with Gasteiger partial charge in [0.2, 0.25) is 0 Å². The van der Waals surface area contributed by atoms with Crippen molar-refractivity contribution in [3.8, 4) is 11.1 Å². The third-order valence-electron chi connectivity index (χ3n) is 4.76. The third-order valence-corrected chi connectivity index (χ3v) is 4.76. The van der Waals surface area contributed by atoms with E-state index in [1.807, 2.05) is 6.07 Å². The van der Waals surface area contributed by atoms with Crippen LogP contribution in [0.1, 0.15) is 45.2 Å². The summed E-state index contributed by atoms with van der Waals surface area (Å²) in [4.78, 5) is 0. The molecule has 0 aromatic heterocycles. The van der Waals surface area contributed by atoms with Gasteiger partial charge in [0.05, 0.1) is 0 Å². The zero-order valence-electron chi connectivity index (χ0n) is 16.4. The van der Waals surface area contributed by atoms with Gasteiger partial charge in [-0.3, -0.25) is 6.08 Å². The fourth-order valence-corrected chi connectivity index (χ4v) is 3.21. The smallest absolute Gasteiger partial charge is 1.00 e. The normalized spacial score (nSPS) is 15.7.